The van der Waals surface area contributed by atoms with Crippen LogP contribution < -0.4 is 0 Å². The molecule has 1 unspecified atom stereocenters. The monoisotopic (exact) mass is 871 g/mol. The third kappa shape index (κ3) is 29.7. The number of allylic oxidation sites excluding steroid dienone is 6. The predicted octanol–water partition coefficient (Wildman–Crippen LogP) is 8.70. The second-order valence-electron chi connectivity index (χ2n) is 15.8. The minimum absolute atomic E-state index is 0.0280. The first kappa shape index (κ1) is 55.5. The molecule has 0 bridgehead atoms. The molecule has 14 heteroatoms. The Bertz CT molecular complexity index is 1300. The molecule has 0 radical (unpaired) electrons. The van der Waals surface area contributed by atoms with Crippen LogP contribution in [-0.4, -0.2) is 93.9 Å². The third-order valence-electron chi connectivity index (χ3n) is 10.4. The molecule has 0 aliphatic heterocycles. The van der Waals surface area contributed by atoms with Crippen molar-refractivity contribution in [2.45, 2.75) is 186 Å². The molecule has 1 aliphatic rings. The number of phosphoric acid groups is 1. The smallest absolute Gasteiger partial charge is 0.462 e. The van der Waals surface area contributed by atoms with Crippen LogP contribution in [0.25, 0.3) is 0 Å². The van der Waals surface area contributed by atoms with Gasteiger partial charge >= 0.3 is 19.8 Å². The number of unbranched alkanes of at least 4 members (excludes halogenated alkanes) is 12. The summed E-state index contributed by atoms with van der Waals surface area (Å²) in [6.07, 6.45) is 31.3. The molecule has 0 heterocycles. The summed E-state index contributed by atoms with van der Waals surface area (Å²) in [6.45, 7) is 1.94. The van der Waals surface area contributed by atoms with Gasteiger partial charge in [-0.2, -0.15) is 0 Å². The van der Waals surface area contributed by atoms with Gasteiger partial charge in [0, 0.05) is 31.1 Å². The van der Waals surface area contributed by atoms with E-state index >= 15 is 0 Å². The topological polar surface area (TPSA) is 206 Å². The number of Topliss-reactive ketones (excluding diaryl/α,β-unsaturated/α-hetero) is 1. The molecular weight excluding hydrogens is 791 g/mol. The quantitative estimate of drug-likeness (QED) is 0.0171. The summed E-state index contributed by atoms with van der Waals surface area (Å²) in [5.74, 6) is -1.74. The highest BCUT2D eigenvalue weighted by atomic mass is 31.2. The van der Waals surface area contributed by atoms with Crippen molar-refractivity contribution in [3.8, 4) is 0 Å². The number of ketones is 1. The van der Waals surface area contributed by atoms with Crippen molar-refractivity contribution < 1.29 is 62.8 Å². The summed E-state index contributed by atoms with van der Waals surface area (Å²) in [4.78, 5) is 47.8. The minimum atomic E-state index is -4.69. The maximum Gasteiger partial charge on any atom is 0.472 e. The summed E-state index contributed by atoms with van der Waals surface area (Å²) < 4.78 is 32.7. The van der Waals surface area contributed by atoms with Gasteiger partial charge in [0.05, 0.1) is 32.0 Å². The zero-order chi connectivity index (χ0) is 44.3. The van der Waals surface area contributed by atoms with Crippen molar-refractivity contribution in [1.82, 2.24) is 0 Å². The normalized spacial score (nSPS) is 19.8. The van der Waals surface area contributed by atoms with Crippen molar-refractivity contribution >= 4 is 25.5 Å². The molecule has 5 N–H and O–H groups in total. The molecule has 7 atom stereocenters. The summed E-state index contributed by atoms with van der Waals surface area (Å²) in [5, 5.41) is 39.1. The molecule has 1 saturated carbocycles. The van der Waals surface area contributed by atoms with Crippen LogP contribution in [0.5, 0.6) is 0 Å². The van der Waals surface area contributed by atoms with Gasteiger partial charge in [0.15, 0.2) is 6.10 Å². The Morgan fingerprint density at radius 1 is 0.750 bits per heavy atom. The number of aliphatic hydroxyl groups is 4. The Kier molecular flexibility index (Phi) is 33.4. The van der Waals surface area contributed by atoms with Crippen molar-refractivity contribution in [1.29, 1.82) is 0 Å². The molecule has 1 aliphatic carbocycles. The van der Waals surface area contributed by atoms with Gasteiger partial charge in [0.1, 0.15) is 18.5 Å². The molecule has 0 saturated heterocycles. The van der Waals surface area contributed by atoms with E-state index < -0.39 is 70.6 Å². The van der Waals surface area contributed by atoms with Crippen molar-refractivity contribution in [3.63, 3.8) is 0 Å². The van der Waals surface area contributed by atoms with Crippen LogP contribution in [-0.2, 0) is 37.5 Å². The van der Waals surface area contributed by atoms with Gasteiger partial charge in [-0.05, 0) is 57.8 Å². The summed E-state index contributed by atoms with van der Waals surface area (Å²) >= 11 is 0. The first-order valence-corrected chi connectivity index (χ1v) is 24.2. The van der Waals surface area contributed by atoms with Crippen LogP contribution >= 0.6 is 7.82 Å². The second-order valence-corrected chi connectivity index (χ2v) is 17.3. The predicted molar refractivity (Wildman–Crippen MR) is 234 cm³/mol. The van der Waals surface area contributed by atoms with Gasteiger partial charge < -0.3 is 34.8 Å². The molecule has 60 heavy (non-hydrogen) atoms. The molecule has 0 amide bonds. The lowest BCUT2D eigenvalue weighted by Gasteiger charge is -2.20. The zero-order valence-corrected chi connectivity index (χ0v) is 37.5. The molecule has 0 aromatic rings. The first-order chi connectivity index (χ1) is 28.9. The molecule has 346 valence electrons. The van der Waals surface area contributed by atoms with E-state index in [9.17, 15) is 39.2 Å². The van der Waals surface area contributed by atoms with Gasteiger partial charge in [-0.3, -0.25) is 23.4 Å². The average Bonchev–Trinajstić information content (AvgIpc) is 3.49. The van der Waals surface area contributed by atoms with Crippen LogP contribution in [0.15, 0.2) is 48.6 Å². The lowest BCUT2D eigenvalue weighted by atomic mass is 9.88. The second kappa shape index (κ2) is 36.0. The number of phosphoric ester groups is 1. The van der Waals surface area contributed by atoms with E-state index in [2.05, 4.69) is 42.7 Å². The molecule has 0 aromatic heterocycles. The van der Waals surface area contributed by atoms with Crippen LogP contribution in [0.1, 0.15) is 162 Å². The Balaban J connectivity index is 2.46. The fourth-order valence-corrected chi connectivity index (χ4v) is 7.58. The molecule has 0 aromatic carbocycles. The summed E-state index contributed by atoms with van der Waals surface area (Å²) in [6, 6.07) is 0. The largest absolute Gasteiger partial charge is 0.472 e. The highest BCUT2D eigenvalue weighted by molar-refractivity contribution is 7.47. The number of hydrogen-bond acceptors (Lipinski definition) is 12. The van der Waals surface area contributed by atoms with E-state index in [0.717, 1.165) is 51.4 Å². The average molecular weight is 871 g/mol. The number of esters is 2. The molecule has 0 spiro atoms. The highest BCUT2D eigenvalue weighted by Crippen LogP contribution is 2.43. The van der Waals surface area contributed by atoms with Crippen LogP contribution in [0, 0.1) is 11.8 Å². The van der Waals surface area contributed by atoms with Gasteiger partial charge in [0.2, 0.25) is 0 Å². The van der Waals surface area contributed by atoms with E-state index in [-0.39, 0.29) is 36.9 Å². The number of carbonyl (C=O) groups is 3. The van der Waals surface area contributed by atoms with Gasteiger partial charge in [-0.25, -0.2) is 4.57 Å². The van der Waals surface area contributed by atoms with Crippen molar-refractivity contribution in [2.24, 2.45) is 11.8 Å². The Morgan fingerprint density at radius 2 is 1.33 bits per heavy atom. The van der Waals surface area contributed by atoms with E-state index in [1.807, 2.05) is 12.2 Å². The van der Waals surface area contributed by atoms with Crippen molar-refractivity contribution in [2.75, 3.05) is 26.4 Å². The van der Waals surface area contributed by atoms with E-state index in [4.69, 9.17) is 19.1 Å². The van der Waals surface area contributed by atoms with E-state index in [1.165, 1.54) is 38.5 Å². The lowest BCUT2D eigenvalue weighted by molar-refractivity contribution is -0.161. The third-order valence-corrected chi connectivity index (χ3v) is 11.3. The SMILES string of the molecule is CCCCCCCC/C=C\C/C=C\C/C=C\CCCC(=O)O[C@H](COC(=O)CCCCCC[C@H]1C(=O)C[C@@H](O)[C@@H]1/C=C/[C@@H](O)CCCCC)COP(=O)(O)OC[C@@H](O)CO. The van der Waals surface area contributed by atoms with E-state index in [0.29, 0.717) is 38.5 Å². The molecule has 1 rings (SSSR count). The highest BCUT2D eigenvalue weighted by Gasteiger charge is 2.39. The van der Waals surface area contributed by atoms with Crippen LogP contribution in [0.3, 0.4) is 0 Å². The van der Waals surface area contributed by atoms with E-state index in [1.54, 1.807) is 12.2 Å². The number of hydrogen-bond donors (Lipinski definition) is 5. The van der Waals surface area contributed by atoms with Gasteiger partial charge in [-0.1, -0.05) is 133 Å². The Labute approximate surface area is 360 Å². The maximum atomic E-state index is 12.6. The number of aliphatic hydroxyl groups excluding tert-OH is 4. The summed E-state index contributed by atoms with van der Waals surface area (Å²) in [7, 11) is -4.69. The zero-order valence-electron chi connectivity index (χ0n) is 36.6. The summed E-state index contributed by atoms with van der Waals surface area (Å²) in [5.41, 5.74) is 0. The van der Waals surface area contributed by atoms with Crippen LogP contribution in [0.4, 0.5) is 0 Å². The Hall–Kier alpha value is -2.48. The van der Waals surface area contributed by atoms with Gasteiger partial charge in [0.25, 0.3) is 0 Å². The lowest BCUT2D eigenvalue weighted by Crippen LogP contribution is -2.29. The fourth-order valence-electron chi connectivity index (χ4n) is 6.79. The molecule has 1 fully saturated rings. The number of carbonyl (C=O) groups excluding carboxylic acids is 3. The maximum absolute atomic E-state index is 12.6. The van der Waals surface area contributed by atoms with Crippen molar-refractivity contribution in [3.05, 3.63) is 48.6 Å². The van der Waals surface area contributed by atoms with Gasteiger partial charge in [-0.15, -0.1) is 0 Å². The fraction of sp³-hybridized carbons (Fsp3) is 0.761. The molecular formula is C46H79O13P. The standard InChI is InChI=1S/C46H79O13P/c1-3-5-7-8-9-10-11-12-13-14-15-16-17-18-19-20-26-30-46(53)59-40(37-58-60(54,55)57-35-39(49)34-47)36-56-45(52)29-25-22-21-24-28-41-42(44(51)33-43(41)50)32-31-38(48)27-23-6-4-2/h12-13,15-16,18-19,31-32,38-42,44,47-49,51H,3-11,14,17,20-30,33-37H2,1-2H3,(H,54,55)/b13-12-,16-15-,19-18-,32-31+/t38-,39-,40+,41+,42+,44+/m0/s1. The first-order valence-electron chi connectivity index (χ1n) is 22.7. The number of ether oxygens (including phenoxy) is 2. The molecule has 13 nitrogen and oxygen atoms in total. The minimum Gasteiger partial charge on any atom is -0.462 e. The Morgan fingerprint density at radius 3 is 2.03 bits per heavy atom. The van der Waals surface area contributed by atoms with Crippen LogP contribution in [0.2, 0.25) is 0 Å². The number of rotatable bonds is 38.